The molecule has 1 saturated carbocycles. The van der Waals surface area contributed by atoms with Crippen LogP contribution >= 0.6 is 0 Å². The Labute approximate surface area is 282 Å². The first-order chi connectivity index (χ1) is 23.0. The van der Waals surface area contributed by atoms with E-state index in [0.717, 1.165) is 12.8 Å². The van der Waals surface area contributed by atoms with Crippen LogP contribution in [0.2, 0.25) is 0 Å². The van der Waals surface area contributed by atoms with E-state index in [9.17, 15) is 24.0 Å². The summed E-state index contributed by atoms with van der Waals surface area (Å²) < 4.78 is 21.8. The number of amides is 6. The SMILES string of the molecule is C/C1=C/CCC2C(CC1)C2COC(=O)NCCOCCOCCOCCC(=O)NC(C(=O)NC(CCCNC(N)=O)C(=O)NO)C(C)C. The number of allylic oxidation sites excluding steroid dienone is 2. The zero-order valence-electron chi connectivity index (χ0n) is 28.6. The van der Waals surface area contributed by atoms with Crippen LogP contribution in [-0.4, -0.2) is 106 Å². The standard InChI is InChI=1S/C32H56N6O10/c1-21(2)28(30(41)36-26(29(40)38-44)8-5-12-34-31(33)42)37-27(39)11-14-45-16-18-47-19-17-46-15-13-35-32(43)48-20-25-23-7-4-6-22(3)9-10-24(23)25/h6,21,23-26,28,44H,4-5,7-20H2,1-3H3,(H,35,43)(H,36,41)(H,37,39)(H,38,40)(H3,33,34,42)/b22-6-. The Bertz CT molecular complexity index is 1060. The number of alkyl carbamates (subject to hydrolysis) is 1. The second-order valence-electron chi connectivity index (χ2n) is 12.5. The fraction of sp³-hybridized carbons (Fsp3) is 0.781. The molecule has 2 rings (SSSR count). The van der Waals surface area contributed by atoms with Crippen LogP contribution < -0.4 is 32.5 Å². The lowest BCUT2D eigenvalue weighted by molar-refractivity contribution is -0.136. The van der Waals surface area contributed by atoms with Crippen molar-refractivity contribution in [1.29, 1.82) is 0 Å². The highest BCUT2D eigenvalue weighted by Gasteiger charge is 2.49. The number of hydrogen-bond donors (Lipinski definition) is 7. The predicted molar refractivity (Wildman–Crippen MR) is 175 cm³/mol. The summed E-state index contributed by atoms with van der Waals surface area (Å²) in [6.45, 7) is 8.38. The second kappa shape index (κ2) is 23.0. The summed E-state index contributed by atoms with van der Waals surface area (Å²) in [4.78, 5) is 60.1. The van der Waals surface area contributed by atoms with Crippen LogP contribution in [0.3, 0.4) is 0 Å². The van der Waals surface area contributed by atoms with Crippen LogP contribution in [-0.2, 0) is 33.3 Å². The summed E-state index contributed by atoms with van der Waals surface area (Å²) in [5, 5.41) is 19.3. The second-order valence-corrected chi connectivity index (χ2v) is 12.5. The van der Waals surface area contributed by atoms with Gasteiger partial charge in [-0.2, -0.15) is 0 Å². The molecule has 0 aromatic rings. The molecule has 0 aromatic carbocycles. The van der Waals surface area contributed by atoms with Crippen molar-refractivity contribution in [3.63, 3.8) is 0 Å². The summed E-state index contributed by atoms with van der Waals surface area (Å²) in [6, 6.07) is -2.72. The van der Waals surface area contributed by atoms with E-state index in [0.29, 0.717) is 63.8 Å². The Hall–Kier alpha value is -3.47. The molecule has 6 amide bonds. The fourth-order valence-electron chi connectivity index (χ4n) is 5.71. The van der Waals surface area contributed by atoms with Gasteiger partial charge in [0.15, 0.2) is 0 Å². The van der Waals surface area contributed by atoms with E-state index in [1.807, 2.05) is 0 Å². The smallest absolute Gasteiger partial charge is 0.407 e. The van der Waals surface area contributed by atoms with Crippen LogP contribution in [0, 0.1) is 23.7 Å². The maximum absolute atomic E-state index is 12.8. The Morgan fingerprint density at radius 3 is 2.23 bits per heavy atom. The molecular formula is C32H56N6O10. The van der Waals surface area contributed by atoms with Gasteiger partial charge in [0.05, 0.1) is 46.2 Å². The monoisotopic (exact) mass is 684 g/mol. The summed E-state index contributed by atoms with van der Waals surface area (Å²) in [5.41, 5.74) is 7.98. The number of rotatable bonds is 23. The van der Waals surface area contributed by atoms with Crippen LogP contribution in [0.25, 0.3) is 0 Å². The molecule has 0 bridgehead atoms. The third-order valence-corrected chi connectivity index (χ3v) is 8.49. The van der Waals surface area contributed by atoms with Crippen molar-refractivity contribution >= 4 is 29.8 Å². The van der Waals surface area contributed by atoms with Gasteiger partial charge in [0.2, 0.25) is 11.8 Å². The van der Waals surface area contributed by atoms with Crippen LogP contribution in [0.15, 0.2) is 11.6 Å². The first-order valence-corrected chi connectivity index (χ1v) is 16.9. The summed E-state index contributed by atoms with van der Waals surface area (Å²) in [5.74, 6) is -0.271. The molecule has 2 aliphatic carbocycles. The van der Waals surface area contributed by atoms with Gasteiger partial charge >= 0.3 is 12.1 Å². The van der Waals surface area contributed by atoms with Gasteiger partial charge in [-0.3, -0.25) is 19.6 Å². The highest BCUT2D eigenvalue weighted by Crippen LogP contribution is 2.53. The molecule has 0 aromatic heterocycles. The molecule has 0 saturated heterocycles. The predicted octanol–water partition coefficient (Wildman–Crippen LogP) is 1.11. The zero-order chi connectivity index (χ0) is 35.3. The summed E-state index contributed by atoms with van der Waals surface area (Å²) in [6.07, 6.45) is 6.97. The lowest BCUT2D eigenvalue weighted by Crippen LogP contribution is -2.55. The number of hydroxylamine groups is 1. The molecule has 48 heavy (non-hydrogen) atoms. The van der Waals surface area contributed by atoms with Crippen molar-refractivity contribution in [3.8, 4) is 0 Å². The topological polar surface area (TPSA) is 229 Å². The largest absolute Gasteiger partial charge is 0.449 e. The Morgan fingerprint density at radius 2 is 1.56 bits per heavy atom. The lowest BCUT2D eigenvalue weighted by Gasteiger charge is -2.25. The quantitative estimate of drug-likeness (QED) is 0.0351. The first kappa shape index (κ1) is 40.7. The maximum atomic E-state index is 12.8. The van der Waals surface area contributed by atoms with E-state index in [-0.39, 0.29) is 38.5 Å². The highest BCUT2D eigenvalue weighted by molar-refractivity contribution is 5.92. The maximum Gasteiger partial charge on any atom is 0.407 e. The molecule has 5 unspecified atom stereocenters. The van der Waals surface area contributed by atoms with Gasteiger partial charge in [-0.15, -0.1) is 0 Å². The van der Waals surface area contributed by atoms with Gasteiger partial charge in [-0.25, -0.2) is 15.1 Å². The van der Waals surface area contributed by atoms with Crippen molar-refractivity contribution in [2.75, 3.05) is 59.3 Å². The van der Waals surface area contributed by atoms with Gasteiger partial charge in [-0.05, 0) is 69.1 Å². The van der Waals surface area contributed by atoms with E-state index in [1.54, 1.807) is 13.8 Å². The number of carbonyl (C=O) groups excluding carboxylic acids is 5. The summed E-state index contributed by atoms with van der Waals surface area (Å²) >= 11 is 0. The van der Waals surface area contributed by atoms with Gasteiger partial charge in [0.1, 0.15) is 12.1 Å². The number of ether oxygens (including phenoxy) is 4. The highest BCUT2D eigenvalue weighted by atomic mass is 16.6. The Balaban J connectivity index is 1.47. The van der Waals surface area contributed by atoms with Crippen molar-refractivity contribution in [3.05, 3.63) is 11.6 Å². The van der Waals surface area contributed by atoms with Crippen molar-refractivity contribution < 1.29 is 48.1 Å². The molecule has 2 aliphatic rings. The number of primary amides is 1. The van der Waals surface area contributed by atoms with Crippen LogP contribution in [0.5, 0.6) is 0 Å². The minimum atomic E-state index is -1.08. The van der Waals surface area contributed by atoms with E-state index < -0.39 is 41.9 Å². The van der Waals surface area contributed by atoms with E-state index in [4.69, 9.17) is 29.9 Å². The van der Waals surface area contributed by atoms with Crippen molar-refractivity contribution in [2.24, 2.45) is 29.4 Å². The fourth-order valence-corrected chi connectivity index (χ4v) is 5.71. The molecule has 0 spiro atoms. The molecule has 5 atom stereocenters. The Morgan fingerprint density at radius 1 is 0.896 bits per heavy atom. The third kappa shape index (κ3) is 16.6. The molecule has 274 valence electrons. The van der Waals surface area contributed by atoms with Crippen LogP contribution in [0.1, 0.15) is 65.7 Å². The normalized spacial score (nSPS) is 20.9. The van der Waals surface area contributed by atoms with Crippen molar-refractivity contribution in [1.82, 2.24) is 26.7 Å². The number of fused-ring (bicyclic) bond motifs is 1. The van der Waals surface area contributed by atoms with E-state index >= 15 is 0 Å². The molecule has 16 nitrogen and oxygen atoms in total. The third-order valence-electron chi connectivity index (χ3n) is 8.49. The average molecular weight is 685 g/mol. The van der Waals surface area contributed by atoms with E-state index in [2.05, 4.69) is 34.3 Å². The lowest BCUT2D eigenvalue weighted by atomic mass is 10.0. The minimum Gasteiger partial charge on any atom is -0.449 e. The molecule has 0 radical (unpaired) electrons. The minimum absolute atomic E-state index is 0.00732. The van der Waals surface area contributed by atoms with E-state index in [1.165, 1.54) is 23.9 Å². The number of nitrogens with one attached hydrogen (secondary N) is 5. The van der Waals surface area contributed by atoms with Crippen LogP contribution in [0.4, 0.5) is 9.59 Å². The first-order valence-electron chi connectivity index (χ1n) is 16.9. The molecular weight excluding hydrogens is 628 g/mol. The van der Waals surface area contributed by atoms with Gasteiger partial charge in [0, 0.05) is 19.5 Å². The van der Waals surface area contributed by atoms with Gasteiger partial charge < -0.3 is 45.9 Å². The Kier molecular flexibility index (Phi) is 19.5. The molecule has 1 fully saturated rings. The molecule has 0 aliphatic heterocycles. The number of urea groups is 1. The van der Waals surface area contributed by atoms with Crippen molar-refractivity contribution in [2.45, 2.75) is 77.8 Å². The molecule has 16 heteroatoms. The number of carbonyl (C=O) groups is 5. The average Bonchev–Trinajstić information content (AvgIpc) is 3.70. The zero-order valence-corrected chi connectivity index (χ0v) is 28.6. The molecule has 8 N–H and O–H groups in total. The van der Waals surface area contributed by atoms with Gasteiger partial charge in [-0.1, -0.05) is 25.5 Å². The number of hydrogen-bond acceptors (Lipinski definition) is 10. The summed E-state index contributed by atoms with van der Waals surface area (Å²) in [7, 11) is 0. The molecule has 0 heterocycles. The van der Waals surface area contributed by atoms with Gasteiger partial charge in [0.25, 0.3) is 5.91 Å². The number of nitrogens with two attached hydrogens (primary N) is 1.